The molecule has 0 saturated heterocycles. The molecule has 0 rings (SSSR count). The van der Waals surface area contributed by atoms with Crippen LogP contribution in [0.1, 0.15) is 34.1 Å². The first kappa shape index (κ1) is 12.2. The molecule has 3 heteroatoms. The summed E-state index contributed by atoms with van der Waals surface area (Å²) in [4.78, 5) is 11.3. The van der Waals surface area contributed by atoms with Crippen LogP contribution in [0.15, 0.2) is 12.8 Å². The van der Waals surface area contributed by atoms with Crippen LogP contribution in [0.4, 0.5) is 0 Å². The number of nitrogens with one attached hydrogen (secondary N) is 1. The fourth-order valence-electron chi connectivity index (χ4n) is 1.01. The predicted octanol–water partition coefficient (Wildman–Crippen LogP) is 1.84. The zero-order valence-electron chi connectivity index (χ0n) is 8.89. The van der Waals surface area contributed by atoms with Crippen LogP contribution >= 0.6 is 0 Å². The van der Waals surface area contributed by atoms with E-state index in [4.69, 9.17) is 4.74 Å². The van der Waals surface area contributed by atoms with Crippen molar-refractivity contribution in [1.82, 2.24) is 5.32 Å². The standard InChI is InChI=1S/C10H19NO2/c1-6-8(9(12)13-7-2)11-10(3,4)5/h7-8,11H,2,6H2,1,3-5H3. The quantitative estimate of drug-likeness (QED) is 0.536. The Labute approximate surface area is 80.2 Å². The number of carbonyl (C=O) groups is 1. The first-order valence-electron chi connectivity index (χ1n) is 4.49. The van der Waals surface area contributed by atoms with Crippen molar-refractivity contribution in [3.05, 3.63) is 12.8 Å². The summed E-state index contributed by atoms with van der Waals surface area (Å²) in [5, 5.41) is 3.17. The van der Waals surface area contributed by atoms with Crippen LogP contribution in [0, 0.1) is 0 Å². The second kappa shape index (κ2) is 5.02. The molecule has 0 fully saturated rings. The van der Waals surface area contributed by atoms with Crippen LogP contribution in [0.5, 0.6) is 0 Å². The number of ether oxygens (including phenoxy) is 1. The van der Waals surface area contributed by atoms with Gasteiger partial charge in [0, 0.05) is 5.54 Å². The van der Waals surface area contributed by atoms with Gasteiger partial charge < -0.3 is 4.74 Å². The molecule has 0 spiro atoms. The second-order valence-corrected chi connectivity index (χ2v) is 3.96. The van der Waals surface area contributed by atoms with E-state index >= 15 is 0 Å². The van der Waals surface area contributed by atoms with Crippen molar-refractivity contribution < 1.29 is 9.53 Å². The third kappa shape index (κ3) is 5.42. The fourth-order valence-corrected chi connectivity index (χ4v) is 1.01. The van der Waals surface area contributed by atoms with Crippen molar-refractivity contribution >= 4 is 5.97 Å². The molecule has 76 valence electrons. The van der Waals surface area contributed by atoms with E-state index in [9.17, 15) is 4.79 Å². The van der Waals surface area contributed by atoms with Gasteiger partial charge in [-0.1, -0.05) is 13.5 Å². The molecule has 13 heavy (non-hydrogen) atoms. The van der Waals surface area contributed by atoms with Crippen LogP contribution in [0.2, 0.25) is 0 Å². The Bertz CT molecular complexity index is 182. The van der Waals surface area contributed by atoms with Crippen LogP contribution in [-0.2, 0) is 9.53 Å². The molecule has 0 aromatic heterocycles. The minimum absolute atomic E-state index is 0.0825. The Morgan fingerprint density at radius 1 is 1.62 bits per heavy atom. The van der Waals surface area contributed by atoms with Crippen LogP contribution in [-0.4, -0.2) is 17.6 Å². The Hall–Kier alpha value is -0.830. The average Bonchev–Trinajstić information content (AvgIpc) is 1.99. The molecule has 0 aromatic carbocycles. The van der Waals surface area contributed by atoms with E-state index in [0.717, 1.165) is 6.26 Å². The lowest BCUT2D eigenvalue weighted by Crippen LogP contribution is -2.47. The van der Waals surface area contributed by atoms with E-state index < -0.39 is 0 Å². The van der Waals surface area contributed by atoms with Gasteiger partial charge in [-0.2, -0.15) is 0 Å². The summed E-state index contributed by atoms with van der Waals surface area (Å²) in [5.74, 6) is -0.271. The summed E-state index contributed by atoms with van der Waals surface area (Å²) >= 11 is 0. The molecule has 0 heterocycles. The fraction of sp³-hybridized carbons (Fsp3) is 0.700. The number of hydrogen-bond donors (Lipinski definition) is 1. The topological polar surface area (TPSA) is 38.3 Å². The zero-order valence-corrected chi connectivity index (χ0v) is 8.89. The molecule has 0 bridgehead atoms. The van der Waals surface area contributed by atoms with Gasteiger partial charge in [-0.15, -0.1) is 0 Å². The largest absolute Gasteiger partial charge is 0.434 e. The number of esters is 1. The van der Waals surface area contributed by atoms with Gasteiger partial charge in [-0.3, -0.25) is 5.32 Å². The molecule has 0 radical (unpaired) electrons. The van der Waals surface area contributed by atoms with Gasteiger partial charge in [0.25, 0.3) is 0 Å². The highest BCUT2D eigenvalue weighted by molar-refractivity contribution is 5.76. The van der Waals surface area contributed by atoms with Crippen molar-refractivity contribution in [2.24, 2.45) is 0 Å². The summed E-state index contributed by atoms with van der Waals surface area (Å²) < 4.78 is 4.70. The van der Waals surface area contributed by atoms with Crippen LogP contribution < -0.4 is 5.32 Å². The maximum Gasteiger partial charge on any atom is 0.327 e. The van der Waals surface area contributed by atoms with Gasteiger partial charge in [-0.05, 0) is 27.2 Å². The third-order valence-corrected chi connectivity index (χ3v) is 1.50. The smallest absolute Gasteiger partial charge is 0.327 e. The van der Waals surface area contributed by atoms with Crippen LogP contribution in [0.25, 0.3) is 0 Å². The van der Waals surface area contributed by atoms with E-state index in [0.29, 0.717) is 6.42 Å². The van der Waals surface area contributed by atoms with E-state index in [-0.39, 0.29) is 17.6 Å². The summed E-state index contributed by atoms with van der Waals surface area (Å²) in [7, 11) is 0. The molecule has 1 N–H and O–H groups in total. The van der Waals surface area contributed by atoms with Gasteiger partial charge in [0.15, 0.2) is 0 Å². The Kier molecular flexibility index (Phi) is 4.70. The van der Waals surface area contributed by atoms with Crippen LogP contribution in [0.3, 0.4) is 0 Å². The lowest BCUT2D eigenvalue weighted by molar-refractivity contribution is -0.141. The molecule has 0 aromatic rings. The Morgan fingerprint density at radius 3 is 2.46 bits per heavy atom. The lowest BCUT2D eigenvalue weighted by Gasteiger charge is -2.25. The monoisotopic (exact) mass is 185 g/mol. The SMILES string of the molecule is C=COC(=O)C(CC)NC(C)(C)C. The third-order valence-electron chi connectivity index (χ3n) is 1.50. The minimum atomic E-state index is -0.271. The Balaban J connectivity index is 4.17. The highest BCUT2D eigenvalue weighted by Gasteiger charge is 2.22. The molecule has 0 aliphatic rings. The van der Waals surface area contributed by atoms with Gasteiger partial charge in [0.1, 0.15) is 6.04 Å². The molecule has 0 aliphatic carbocycles. The van der Waals surface area contributed by atoms with Gasteiger partial charge >= 0.3 is 5.97 Å². The maximum atomic E-state index is 11.3. The van der Waals surface area contributed by atoms with Crippen molar-refractivity contribution in [2.45, 2.75) is 45.7 Å². The summed E-state index contributed by atoms with van der Waals surface area (Å²) in [6.07, 6.45) is 1.87. The lowest BCUT2D eigenvalue weighted by atomic mass is 10.1. The molecule has 0 aliphatic heterocycles. The molecule has 1 atom stereocenters. The summed E-state index contributed by atoms with van der Waals surface area (Å²) in [6.45, 7) is 11.3. The molecular weight excluding hydrogens is 166 g/mol. The molecular formula is C10H19NO2. The first-order chi connectivity index (χ1) is 5.90. The molecule has 0 amide bonds. The van der Waals surface area contributed by atoms with E-state index in [2.05, 4.69) is 11.9 Å². The molecule has 1 unspecified atom stereocenters. The summed E-state index contributed by atoms with van der Waals surface area (Å²) in [5.41, 5.74) is -0.0825. The number of hydrogen-bond acceptors (Lipinski definition) is 3. The average molecular weight is 185 g/mol. The Morgan fingerprint density at radius 2 is 2.15 bits per heavy atom. The van der Waals surface area contributed by atoms with Gasteiger partial charge in [-0.25, -0.2) is 4.79 Å². The van der Waals surface area contributed by atoms with Crippen molar-refractivity contribution in [3.8, 4) is 0 Å². The normalized spacial score (nSPS) is 13.5. The minimum Gasteiger partial charge on any atom is -0.434 e. The molecule has 3 nitrogen and oxygen atoms in total. The number of carbonyl (C=O) groups excluding carboxylic acids is 1. The van der Waals surface area contributed by atoms with Crippen molar-refractivity contribution in [3.63, 3.8) is 0 Å². The first-order valence-corrected chi connectivity index (χ1v) is 4.49. The predicted molar refractivity (Wildman–Crippen MR) is 53.3 cm³/mol. The second-order valence-electron chi connectivity index (χ2n) is 3.96. The zero-order chi connectivity index (χ0) is 10.5. The highest BCUT2D eigenvalue weighted by atomic mass is 16.5. The molecule has 0 saturated carbocycles. The van der Waals surface area contributed by atoms with E-state index in [1.165, 1.54) is 0 Å². The number of rotatable bonds is 4. The summed E-state index contributed by atoms with van der Waals surface area (Å²) in [6, 6.07) is -0.252. The maximum absolute atomic E-state index is 11.3. The van der Waals surface area contributed by atoms with Gasteiger partial charge in [0.2, 0.25) is 0 Å². The van der Waals surface area contributed by atoms with Gasteiger partial charge in [0.05, 0.1) is 6.26 Å². The van der Waals surface area contributed by atoms with Crippen molar-refractivity contribution in [2.75, 3.05) is 0 Å². The van der Waals surface area contributed by atoms with Crippen molar-refractivity contribution in [1.29, 1.82) is 0 Å². The highest BCUT2D eigenvalue weighted by Crippen LogP contribution is 2.05. The van der Waals surface area contributed by atoms with E-state index in [1.807, 2.05) is 27.7 Å². The van der Waals surface area contributed by atoms with E-state index in [1.54, 1.807) is 0 Å².